The van der Waals surface area contributed by atoms with Gasteiger partial charge in [-0.25, -0.2) is 13.1 Å². The van der Waals surface area contributed by atoms with Crippen LogP contribution in [0.5, 0.6) is 5.75 Å². The van der Waals surface area contributed by atoms with Crippen LogP contribution in [0.2, 0.25) is 0 Å². The van der Waals surface area contributed by atoms with Crippen molar-refractivity contribution >= 4 is 10.0 Å². The molecule has 0 aliphatic rings. The molecule has 7 nitrogen and oxygen atoms in total. The number of aryl methyl sites for hydroxylation is 1. The first-order valence-corrected chi connectivity index (χ1v) is 8.01. The maximum Gasteiger partial charge on any atom is 0.240 e. The standard InChI is InChI=1S/C13H17N3O4S/c1-3-19-11-4-6-12(7-5-11)21(17,18)14-9-8-13-16-15-10(2)20-13/h4-7,14H,3,8-9H2,1-2H3. The van der Waals surface area contributed by atoms with Crippen molar-refractivity contribution in [2.75, 3.05) is 13.2 Å². The molecule has 1 aromatic carbocycles. The molecule has 0 fully saturated rings. The van der Waals surface area contributed by atoms with E-state index in [2.05, 4.69) is 14.9 Å². The molecule has 0 saturated heterocycles. The van der Waals surface area contributed by atoms with Crippen LogP contribution in [0.15, 0.2) is 33.6 Å². The summed E-state index contributed by atoms with van der Waals surface area (Å²) in [5.74, 6) is 1.50. The summed E-state index contributed by atoms with van der Waals surface area (Å²) < 4.78 is 37.1. The van der Waals surface area contributed by atoms with Crippen LogP contribution in [0.25, 0.3) is 0 Å². The zero-order valence-electron chi connectivity index (χ0n) is 11.9. The van der Waals surface area contributed by atoms with E-state index < -0.39 is 10.0 Å². The second-order valence-electron chi connectivity index (χ2n) is 4.27. The Morgan fingerprint density at radius 1 is 1.24 bits per heavy atom. The highest BCUT2D eigenvalue weighted by molar-refractivity contribution is 7.89. The van der Waals surface area contributed by atoms with Crippen LogP contribution in [0.4, 0.5) is 0 Å². The summed E-state index contributed by atoms with van der Waals surface area (Å²) in [5, 5.41) is 7.48. The van der Waals surface area contributed by atoms with Crippen molar-refractivity contribution in [3.05, 3.63) is 36.0 Å². The number of sulfonamides is 1. The third kappa shape index (κ3) is 4.27. The van der Waals surface area contributed by atoms with E-state index in [1.165, 1.54) is 12.1 Å². The number of nitrogens with one attached hydrogen (secondary N) is 1. The van der Waals surface area contributed by atoms with E-state index in [-0.39, 0.29) is 11.4 Å². The lowest BCUT2D eigenvalue weighted by Crippen LogP contribution is -2.26. The molecule has 0 radical (unpaired) electrons. The Bertz CT molecular complexity index is 680. The van der Waals surface area contributed by atoms with E-state index in [4.69, 9.17) is 9.15 Å². The van der Waals surface area contributed by atoms with Gasteiger partial charge in [-0.1, -0.05) is 0 Å². The lowest BCUT2D eigenvalue weighted by Gasteiger charge is -2.07. The fourth-order valence-corrected chi connectivity index (χ4v) is 2.73. The van der Waals surface area contributed by atoms with Crippen molar-refractivity contribution in [3.63, 3.8) is 0 Å². The van der Waals surface area contributed by atoms with Crippen molar-refractivity contribution in [2.24, 2.45) is 0 Å². The van der Waals surface area contributed by atoms with Crippen LogP contribution < -0.4 is 9.46 Å². The monoisotopic (exact) mass is 311 g/mol. The summed E-state index contributed by atoms with van der Waals surface area (Å²) in [6.45, 7) is 4.27. The Kier molecular flexibility index (Phi) is 4.92. The molecule has 0 atom stereocenters. The summed E-state index contributed by atoms with van der Waals surface area (Å²) in [5.41, 5.74) is 0. The molecule has 1 aromatic heterocycles. The molecular formula is C13H17N3O4S. The number of hydrogen-bond donors (Lipinski definition) is 1. The van der Waals surface area contributed by atoms with E-state index in [0.29, 0.717) is 30.6 Å². The number of nitrogens with zero attached hydrogens (tertiary/aromatic N) is 2. The molecule has 8 heteroatoms. The van der Waals surface area contributed by atoms with Gasteiger partial charge in [-0.15, -0.1) is 10.2 Å². The van der Waals surface area contributed by atoms with Gasteiger partial charge in [0.25, 0.3) is 0 Å². The first-order chi connectivity index (χ1) is 10.0. The predicted molar refractivity (Wildman–Crippen MR) is 75.5 cm³/mol. The average Bonchev–Trinajstić information content (AvgIpc) is 2.85. The lowest BCUT2D eigenvalue weighted by atomic mass is 10.3. The normalized spacial score (nSPS) is 11.5. The van der Waals surface area contributed by atoms with Gasteiger partial charge in [-0.2, -0.15) is 0 Å². The molecule has 2 aromatic rings. The second kappa shape index (κ2) is 6.68. The quantitative estimate of drug-likeness (QED) is 0.828. The minimum atomic E-state index is -3.55. The Labute approximate surface area is 123 Å². The van der Waals surface area contributed by atoms with Gasteiger partial charge in [0, 0.05) is 19.9 Å². The van der Waals surface area contributed by atoms with Crippen LogP contribution in [-0.4, -0.2) is 31.8 Å². The number of aromatic nitrogens is 2. The summed E-state index contributed by atoms with van der Waals surface area (Å²) in [4.78, 5) is 0.188. The van der Waals surface area contributed by atoms with Gasteiger partial charge >= 0.3 is 0 Å². The molecule has 21 heavy (non-hydrogen) atoms. The molecule has 0 amide bonds. The maximum absolute atomic E-state index is 12.1. The molecular weight excluding hydrogens is 294 g/mol. The minimum Gasteiger partial charge on any atom is -0.494 e. The summed E-state index contributed by atoms with van der Waals surface area (Å²) >= 11 is 0. The molecule has 114 valence electrons. The highest BCUT2D eigenvalue weighted by Crippen LogP contribution is 2.15. The van der Waals surface area contributed by atoms with Gasteiger partial charge in [0.15, 0.2) is 0 Å². The zero-order valence-corrected chi connectivity index (χ0v) is 12.7. The van der Waals surface area contributed by atoms with Gasteiger partial charge in [-0.3, -0.25) is 0 Å². The first kappa shape index (κ1) is 15.5. The van der Waals surface area contributed by atoms with Crippen molar-refractivity contribution in [1.29, 1.82) is 0 Å². The highest BCUT2D eigenvalue weighted by atomic mass is 32.2. The SMILES string of the molecule is CCOc1ccc(S(=O)(=O)NCCc2nnc(C)o2)cc1. The molecule has 1 N–H and O–H groups in total. The number of benzene rings is 1. The van der Waals surface area contributed by atoms with E-state index in [0.717, 1.165) is 0 Å². The lowest BCUT2D eigenvalue weighted by molar-refractivity contribution is 0.340. The van der Waals surface area contributed by atoms with Crippen molar-refractivity contribution < 1.29 is 17.6 Å². The van der Waals surface area contributed by atoms with Gasteiger partial charge in [0.2, 0.25) is 21.8 Å². The van der Waals surface area contributed by atoms with Gasteiger partial charge in [0.05, 0.1) is 11.5 Å². The molecule has 0 unspecified atom stereocenters. The van der Waals surface area contributed by atoms with Crippen molar-refractivity contribution in [1.82, 2.24) is 14.9 Å². The van der Waals surface area contributed by atoms with Gasteiger partial charge in [-0.05, 0) is 31.2 Å². The van der Waals surface area contributed by atoms with Gasteiger partial charge in [0.1, 0.15) is 5.75 Å². The Balaban J connectivity index is 1.94. The van der Waals surface area contributed by atoms with Crippen molar-refractivity contribution in [2.45, 2.75) is 25.2 Å². The minimum absolute atomic E-state index is 0.188. The van der Waals surface area contributed by atoms with Crippen LogP contribution in [0.3, 0.4) is 0 Å². The Hall–Kier alpha value is -1.93. The first-order valence-electron chi connectivity index (χ1n) is 6.53. The molecule has 0 bridgehead atoms. The van der Waals surface area contributed by atoms with E-state index >= 15 is 0 Å². The molecule has 0 aliphatic carbocycles. The molecule has 1 heterocycles. The topological polar surface area (TPSA) is 94.3 Å². The fraction of sp³-hybridized carbons (Fsp3) is 0.385. The van der Waals surface area contributed by atoms with E-state index in [1.54, 1.807) is 19.1 Å². The number of ether oxygens (including phenoxy) is 1. The summed E-state index contributed by atoms with van der Waals surface area (Å²) in [6.07, 6.45) is 0.344. The van der Waals surface area contributed by atoms with Crippen LogP contribution in [0, 0.1) is 6.92 Å². The molecule has 0 aliphatic heterocycles. The van der Waals surface area contributed by atoms with Crippen LogP contribution in [0.1, 0.15) is 18.7 Å². The maximum atomic E-state index is 12.1. The number of hydrogen-bond acceptors (Lipinski definition) is 6. The average molecular weight is 311 g/mol. The highest BCUT2D eigenvalue weighted by Gasteiger charge is 2.14. The zero-order chi connectivity index (χ0) is 15.3. The molecule has 0 spiro atoms. The Morgan fingerprint density at radius 3 is 2.52 bits per heavy atom. The Morgan fingerprint density at radius 2 is 1.95 bits per heavy atom. The third-order valence-corrected chi connectivity index (χ3v) is 4.12. The molecule has 2 rings (SSSR count). The summed E-state index contributed by atoms with van der Waals surface area (Å²) in [7, 11) is -3.55. The van der Waals surface area contributed by atoms with E-state index in [9.17, 15) is 8.42 Å². The smallest absolute Gasteiger partial charge is 0.240 e. The van der Waals surface area contributed by atoms with Crippen molar-refractivity contribution in [3.8, 4) is 5.75 Å². The molecule has 0 saturated carbocycles. The largest absolute Gasteiger partial charge is 0.494 e. The predicted octanol–water partition coefficient (Wildman–Crippen LogP) is 1.30. The van der Waals surface area contributed by atoms with E-state index in [1.807, 2.05) is 6.92 Å². The third-order valence-electron chi connectivity index (χ3n) is 2.64. The van der Waals surface area contributed by atoms with Crippen LogP contribution in [-0.2, 0) is 16.4 Å². The van der Waals surface area contributed by atoms with Crippen LogP contribution >= 0.6 is 0 Å². The second-order valence-corrected chi connectivity index (χ2v) is 6.03. The fourth-order valence-electron chi connectivity index (χ4n) is 1.70. The summed E-state index contributed by atoms with van der Waals surface area (Å²) in [6, 6.07) is 6.26. The van der Waals surface area contributed by atoms with Gasteiger partial charge < -0.3 is 9.15 Å². The number of rotatable bonds is 7.